The van der Waals surface area contributed by atoms with E-state index < -0.39 is 11.5 Å². The van der Waals surface area contributed by atoms with E-state index in [1.165, 1.54) is 0 Å². The molecule has 0 aromatic carbocycles. The lowest BCUT2D eigenvalue weighted by atomic mass is 10.1. The molecule has 1 saturated heterocycles. The Morgan fingerprint density at radius 3 is 2.56 bits per heavy atom. The minimum Gasteiger partial charge on any atom is -0.459 e. The molecular formula is C11H20N2O3. The zero-order valence-corrected chi connectivity index (χ0v) is 10.2. The van der Waals surface area contributed by atoms with Crippen LogP contribution in [-0.4, -0.2) is 41.5 Å². The molecule has 1 heterocycles. The molecule has 1 atom stereocenters. The molecule has 0 saturated carbocycles. The lowest BCUT2D eigenvalue weighted by Crippen LogP contribution is -2.44. The fourth-order valence-electron chi connectivity index (χ4n) is 1.85. The van der Waals surface area contributed by atoms with E-state index in [9.17, 15) is 9.59 Å². The first-order chi connectivity index (χ1) is 7.29. The molecule has 92 valence electrons. The van der Waals surface area contributed by atoms with Gasteiger partial charge < -0.3 is 10.5 Å². The lowest BCUT2D eigenvalue weighted by Gasteiger charge is -2.26. The second-order valence-electron chi connectivity index (χ2n) is 5.13. The van der Waals surface area contributed by atoms with Crippen molar-refractivity contribution in [3.8, 4) is 0 Å². The number of hydrogen-bond acceptors (Lipinski definition) is 4. The van der Waals surface area contributed by atoms with Crippen molar-refractivity contribution in [2.24, 2.45) is 5.73 Å². The van der Waals surface area contributed by atoms with Gasteiger partial charge in [-0.3, -0.25) is 14.5 Å². The molecule has 0 aliphatic carbocycles. The Kier molecular flexibility index (Phi) is 3.91. The van der Waals surface area contributed by atoms with Gasteiger partial charge in [-0.25, -0.2) is 0 Å². The third kappa shape index (κ3) is 3.81. The number of rotatable bonds is 3. The summed E-state index contributed by atoms with van der Waals surface area (Å²) in [5.41, 5.74) is 4.64. The summed E-state index contributed by atoms with van der Waals surface area (Å²) in [7, 11) is 0. The van der Waals surface area contributed by atoms with Crippen molar-refractivity contribution in [2.75, 3.05) is 13.1 Å². The van der Waals surface area contributed by atoms with Crippen LogP contribution in [0.25, 0.3) is 0 Å². The second kappa shape index (κ2) is 4.82. The van der Waals surface area contributed by atoms with Crippen LogP contribution in [0.2, 0.25) is 0 Å². The normalized spacial score (nSPS) is 22.1. The highest BCUT2D eigenvalue weighted by atomic mass is 16.6. The second-order valence-corrected chi connectivity index (χ2v) is 5.13. The van der Waals surface area contributed by atoms with Gasteiger partial charge in [-0.05, 0) is 40.2 Å². The summed E-state index contributed by atoms with van der Waals surface area (Å²) in [6.07, 6.45) is 1.64. The largest absolute Gasteiger partial charge is 0.459 e. The van der Waals surface area contributed by atoms with Gasteiger partial charge in [0.2, 0.25) is 5.91 Å². The molecule has 2 N–H and O–H groups in total. The van der Waals surface area contributed by atoms with Gasteiger partial charge >= 0.3 is 5.97 Å². The van der Waals surface area contributed by atoms with Crippen molar-refractivity contribution >= 4 is 11.9 Å². The number of carbonyl (C=O) groups is 2. The maximum Gasteiger partial charge on any atom is 0.323 e. The summed E-state index contributed by atoms with van der Waals surface area (Å²) in [6.45, 7) is 6.35. The van der Waals surface area contributed by atoms with Crippen molar-refractivity contribution in [1.82, 2.24) is 4.90 Å². The Morgan fingerprint density at radius 2 is 2.06 bits per heavy atom. The van der Waals surface area contributed by atoms with Crippen molar-refractivity contribution < 1.29 is 14.3 Å². The topological polar surface area (TPSA) is 72.6 Å². The van der Waals surface area contributed by atoms with E-state index in [-0.39, 0.29) is 18.6 Å². The number of likely N-dealkylation sites (tertiary alicyclic amines) is 1. The Hall–Kier alpha value is -1.10. The van der Waals surface area contributed by atoms with Crippen LogP contribution >= 0.6 is 0 Å². The molecule has 1 rings (SSSR count). The summed E-state index contributed by atoms with van der Waals surface area (Å²) >= 11 is 0. The summed E-state index contributed by atoms with van der Waals surface area (Å²) in [5, 5.41) is 0. The van der Waals surface area contributed by atoms with Crippen LogP contribution in [0.15, 0.2) is 0 Å². The highest BCUT2D eigenvalue weighted by Gasteiger charge is 2.34. The zero-order chi connectivity index (χ0) is 12.3. The molecule has 5 heteroatoms. The highest BCUT2D eigenvalue weighted by molar-refractivity contribution is 5.79. The molecule has 5 nitrogen and oxygen atoms in total. The van der Waals surface area contributed by atoms with Gasteiger partial charge in [0.05, 0.1) is 6.54 Å². The number of nitrogens with two attached hydrogens (primary N) is 1. The number of hydrogen-bond donors (Lipinski definition) is 1. The monoisotopic (exact) mass is 228 g/mol. The summed E-state index contributed by atoms with van der Waals surface area (Å²) in [6, 6.07) is -0.313. The number of primary amides is 1. The first-order valence-corrected chi connectivity index (χ1v) is 5.55. The molecular weight excluding hydrogens is 208 g/mol. The molecule has 1 aliphatic heterocycles. The van der Waals surface area contributed by atoms with Crippen LogP contribution < -0.4 is 5.73 Å². The first-order valence-electron chi connectivity index (χ1n) is 5.55. The maximum absolute atomic E-state index is 11.8. The molecule has 16 heavy (non-hydrogen) atoms. The van der Waals surface area contributed by atoms with Crippen LogP contribution in [0.4, 0.5) is 0 Å². The van der Waals surface area contributed by atoms with Crippen LogP contribution in [0.1, 0.15) is 33.6 Å². The predicted octanol–water partition coefficient (Wildman–Crippen LogP) is 0.278. The quantitative estimate of drug-likeness (QED) is 0.704. The number of carbonyl (C=O) groups excluding carboxylic acids is 2. The lowest BCUT2D eigenvalue weighted by molar-refractivity contribution is -0.160. The van der Waals surface area contributed by atoms with Crippen molar-refractivity contribution in [3.05, 3.63) is 0 Å². The van der Waals surface area contributed by atoms with Crippen molar-refractivity contribution in [1.29, 1.82) is 0 Å². The molecule has 1 fully saturated rings. The summed E-state index contributed by atoms with van der Waals surface area (Å²) in [4.78, 5) is 24.5. The minimum atomic E-state index is -0.488. The van der Waals surface area contributed by atoms with E-state index in [1.54, 1.807) is 4.90 Å². The van der Waals surface area contributed by atoms with E-state index in [0.717, 1.165) is 19.4 Å². The fourth-order valence-corrected chi connectivity index (χ4v) is 1.85. The average Bonchev–Trinajstić information content (AvgIpc) is 2.47. The molecule has 0 aromatic rings. The van der Waals surface area contributed by atoms with Crippen LogP contribution in [0, 0.1) is 0 Å². The Balaban J connectivity index is 2.57. The molecule has 0 unspecified atom stereocenters. The molecule has 0 radical (unpaired) electrons. The fraction of sp³-hybridized carbons (Fsp3) is 0.818. The van der Waals surface area contributed by atoms with E-state index in [4.69, 9.17) is 10.5 Å². The van der Waals surface area contributed by atoms with E-state index in [2.05, 4.69) is 0 Å². The Labute approximate surface area is 95.9 Å². The maximum atomic E-state index is 11.8. The number of esters is 1. The number of ether oxygens (including phenoxy) is 1. The molecule has 0 spiro atoms. The van der Waals surface area contributed by atoms with Gasteiger partial charge in [0.15, 0.2) is 0 Å². The van der Waals surface area contributed by atoms with E-state index in [0.29, 0.717) is 0 Å². The van der Waals surface area contributed by atoms with Gasteiger partial charge in [-0.15, -0.1) is 0 Å². The Morgan fingerprint density at radius 1 is 1.44 bits per heavy atom. The van der Waals surface area contributed by atoms with E-state index in [1.807, 2.05) is 20.8 Å². The summed E-state index contributed by atoms with van der Waals surface area (Å²) in [5.74, 6) is -0.665. The number of amides is 1. The standard InChI is InChI=1S/C11H20N2O3/c1-11(2,3)16-10(15)8-5-4-6-13(8)7-9(12)14/h8H,4-7H2,1-3H3,(H2,12,14)/t8-/m0/s1. The smallest absolute Gasteiger partial charge is 0.323 e. The van der Waals surface area contributed by atoms with Gasteiger partial charge in [0.25, 0.3) is 0 Å². The van der Waals surface area contributed by atoms with Crippen LogP contribution in [0.3, 0.4) is 0 Å². The van der Waals surface area contributed by atoms with E-state index >= 15 is 0 Å². The predicted molar refractivity (Wildman–Crippen MR) is 59.6 cm³/mol. The zero-order valence-electron chi connectivity index (χ0n) is 10.2. The SMILES string of the molecule is CC(C)(C)OC(=O)[C@@H]1CCCN1CC(N)=O. The molecule has 0 aromatic heterocycles. The van der Waals surface area contributed by atoms with Gasteiger partial charge in [-0.2, -0.15) is 0 Å². The first kappa shape index (κ1) is 13.0. The third-order valence-corrected chi connectivity index (χ3v) is 2.40. The Bertz CT molecular complexity index is 283. The van der Waals surface area contributed by atoms with Gasteiger partial charge in [0.1, 0.15) is 11.6 Å². The number of nitrogens with zero attached hydrogens (tertiary/aromatic N) is 1. The van der Waals surface area contributed by atoms with Crippen LogP contribution in [0.5, 0.6) is 0 Å². The van der Waals surface area contributed by atoms with Gasteiger partial charge in [0, 0.05) is 0 Å². The van der Waals surface area contributed by atoms with Crippen molar-refractivity contribution in [3.63, 3.8) is 0 Å². The van der Waals surface area contributed by atoms with Gasteiger partial charge in [-0.1, -0.05) is 0 Å². The third-order valence-electron chi connectivity index (χ3n) is 2.40. The molecule has 1 aliphatic rings. The molecule has 0 bridgehead atoms. The molecule has 1 amide bonds. The summed E-state index contributed by atoms with van der Waals surface area (Å²) < 4.78 is 5.30. The van der Waals surface area contributed by atoms with Crippen LogP contribution in [-0.2, 0) is 14.3 Å². The minimum absolute atomic E-state index is 0.129. The van der Waals surface area contributed by atoms with Crippen molar-refractivity contribution in [2.45, 2.75) is 45.3 Å². The average molecular weight is 228 g/mol. The highest BCUT2D eigenvalue weighted by Crippen LogP contribution is 2.20.